The van der Waals surface area contributed by atoms with E-state index < -0.39 is 11.6 Å². The average molecular weight is 256 g/mol. The van der Waals surface area contributed by atoms with Crippen LogP contribution in [0.2, 0.25) is 0 Å². The maximum Gasteiger partial charge on any atom is 0.126 e. The molecule has 1 aliphatic rings. The number of rotatable bonds is 4. The van der Waals surface area contributed by atoms with Gasteiger partial charge in [-0.2, -0.15) is 0 Å². The molecule has 0 aliphatic carbocycles. The summed E-state index contributed by atoms with van der Waals surface area (Å²) in [6, 6.07) is 3.91. The summed E-state index contributed by atoms with van der Waals surface area (Å²) in [5, 5.41) is 3.11. The largest absolute Gasteiger partial charge is 0.378 e. The molecule has 1 unspecified atom stereocenters. The molecular formula is C13H18F2N2O. The van der Waals surface area contributed by atoms with Gasteiger partial charge in [-0.1, -0.05) is 0 Å². The van der Waals surface area contributed by atoms with E-state index in [4.69, 9.17) is 4.74 Å². The van der Waals surface area contributed by atoms with Gasteiger partial charge in [0.2, 0.25) is 0 Å². The molecule has 0 radical (unpaired) electrons. The minimum absolute atomic E-state index is 0.245. The molecule has 0 spiro atoms. The van der Waals surface area contributed by atoms with E-state index in [0.29, 0.717) is 25.3 Å². The van der Waals surface area contributed by atoms with Gasteiger partial charge in [-0.05, 0) is 24.7 Å². The lowest BCUT2D eigenvalue weighted by molar-refractivity contribution is -0.0103. The fraction of sp³-hybridized carbons (Fsp3) is 0.538. The van der Waals surface area contributed by atoms with Crippen LogP contribution >= 0.6 is 0 Å². The van der Waals surface area contributed by atoms with Gasteiger partial charge in [-0.3, -0.25) is 4.90 Å². The van der Waals surface area contributed by atoms with Crippen molar-refractivity contribution in [2.75, 3.05) is 33.4 Å². The van der Waals surface area contributed by atoms with Crippen molar-refractivity contribution in [1.82, 2.24) is 10.2 Å². The van der Waals surface area contributed by atoms with Crippen LogP contribution in [0.5, 0.6) is 0 Å². The van der Waals surface area contributed by atoms with Crippen molar-refractivity contribution in [3.8, 4) is 0 Å². The highest BCUT2D eigenvalue weighted by Crippen LogP contribution is 2.14. The highest BCUT2D eigenvalue weighted by atomic mass is 19.1. The third-order valence-corrected chi connectivity index (χ3v) is 3.10. The molecule has 1 heterocycles. The van der Waals surface area contributed by atoms with Crippen LogP contribution in [0.4, 0.5) is 8.78 Å². The summed E-state index contributed by atoms with van der Waals surface area (Å²) in [7, 11) is 1.88. The van der Waals surface area contributed by atoms with Crippen LogP contribution in [0, 0.1) is 11.6 Å². The van der Waals surface area contributed by atoms with E-state index in [1.165, 1.54) is 12.1 Å². The summed E-state index contributed by atoms with van der Waals surface area (Å²) >= 11 is 0. The monoisotopic (exact) mass is 256 g/mol. The molecule has 2 rings (SSSR count). The number of benzene rings is 1. The minimum Gasteiger partial charge on any atom is -0.378 e. The smallest absolute Gasteiger partial charge is 0.126 e. The zero-order valence-corrected chi connectivity index (χ0v) is 10.5. The Morgan fingerprint density at radius 3 is 2.72 bits per heavy atom. The van der Waals surface area contributed by atoms with Gasteiger partial charge in [0.15, 0.2) is 0 Å². The van der Waals surface area contributed by atoms with Crippen molar-refractivity contribution < 1.29 is 13.5 Å². The lowest BCUT2D eigenvalue weighted by Gasteiger charge is -2.35. The number of ether oxygens (including phenoxy) is 1. The van der Waals surface area contributed by atoms with Crippen LogP contribution in [0.3, 0.4) is 0 Å². The molecule has 1 N–H and O–H groups in total. The standard InChI is InChI=1S/C13H18F2N2O/c1-16-7-13-9-18-3-2-17(13)8-10-4-11(14)6-12(15)5-10/h4-6,13,16H,2-3,7-9H2,1H3. The SMILES string of the molecule is CNCC1COCCN1Cc1cc(F)cc(F)c1. The summed E-state index contributed by atoms with van der Waals surface area (Å²) < 4.78 is 31.7. The number of likely N-dealkylation sites (N-methyl/N-ethyl adjacent to an activating group) is 1. The van der Waals surface area contributed by atoms with Gasteiger partial charge in [0.25, 0.3) is 0 Å². The van der Waals surface area contributed by atoms with E-state index in [1.807, 2.05) is 7.05 Å². The summed E-state index contributed by atoms with van der Waals surface area (Å²) in [5.41, 5.74) is 0.663. The minimum atomic E-state index is -0.525. The Hall–Kier alpha value is -1.04. The number of nitrogens with zero attached hydrogens (tertiary/aromatic N) is 1. The van der Waals surface area contributed by atoms with Crippen molar-refractivity contribution in [3.05, 3.63) is 35.4 Å². The van der Waals surface area contributed by atoms with E-state index in [1.54, 1.807) is 0 Å². The predicted octanol–water partition coefficient (Wildman–Crippen LogP) is 1.39. The average Bonchev–Trinajstić information content (AvgIpc) is 2.30. The van der Waals surface area contributed by atoms with Crippen LogP contribution in [0.1, 0.15) is 5.56 Å². The van der Waals surface area contributed by atoms with Crippen LogP contribution < -0.4 is 5.32 Å². The zero-order valence-electron chi connectivity index (χ0n) is 10.5. The first-order valence-electron chi connectivity index (χ1n) is 6.10. The van der Waals surface area contributed by atoms with Crippen LogP contribution in [0.15, 0.2) is 18.2 Å². The van der Waals surface area contributed by atoms with Crippen molar-refractivity contribution in [3.63, 3.8) is 0 Å². The summed E-state index contributed by atoms with van der Waals surface area (Å²) in [4.78, 5) is 2.19. The van der Waals surface area contributed by atoms with Crippen molar-refractivity contribution >= 4 is 0 Å². The fourth-order valence-corrected chi connectivity index (χ4v) is 2.26. The molecule has 0 amide bonds. The molecule has 1 aromatic carbocycles. The maximum absolute atomic E-state index is 13.1. The molecule has 1 fully saturated rings. The van der Waals surface area contributed by atoms with Gasteiger partial charge in [-0.15, -0.1) is 0 Å². The molecule has 3 nitrogen and oxygen atoms in total. The molecule has 1 aromatic rings. The molecule has 18 heavy (non-hydrogen) atoms. The normalized spacial score (nSPS) is 21.2. The van der Waals surface area contributed by atoms with Crippen LogP contribution in [-0.4, -0.2) is 44.3 Å². The Kier molecular flexibility index (Phi) is 4.63. The number of halogens is 2. The van der Waals surface area contributed by atoms with Crippen molar-refractivity contribution in [2.24, 2.45) is 0 Å². The lowest BCUT2D eigenvalue weighted by Crippen LogP contribution is -2.49. The molecule has 5 heteroatoms. The van der Waals surface area contributed by atoms with E-state index in [0.717, 1.165) is 19.2 Å². The molecule has 1 saturated heterocycles. The van der Waals surface area contributed by atoms with Crippen LogP contribution in [-0.2, 0) is 11.3 Å². The van der Waals surface area contributed by atoms with Crippen LogP contribution in [0.25, 0.3) is 0 Å². The van der Waals surface area contributed by atoms with E-state index in [9.17, 15) is 8.78 Å². The van der Waals surface area contributed by atoms with Gasteiger partial charge in [0, 0.05) is 31.7 Å². The number of nitrogens with one attached hydrogen (secondary N) is 1. The second-order valence-corrected chi connectivity index (χ2v) is 4.53. The summed E-state index contributed by atoms with van der Waals surface area (Å²) in [6.45, 7) is 3.45. The van der Waals surface area contributed by atoms with E-state index >= 15 is 0 Å². The third-order valence-electron chi connectivity index (χ3n) is 3.10. The zero-order chi connectivity index (χ0) is 13.0. The molecule has 1 atom stereocenters. The fourth-order valence-electron chi connectivity index (χ4n) is 2.26. The first kappa shape index (κ1) is 13.4. The third kappa shape index (κ3) is 3.48. The van der Waals surface area contributed by atoms with E-state index in [2.05, 4.69) is 10.2 Å². The molecular weight excluding hydrogens is 238 g/mol. The van der Waals surface area contributed by atoms with Gasteiger partial charge in [0.05, 0.1) is 13.2 Å². The Labute approximate surface area is 106 Å². The Morgan fingerprint density at radius 1 is 1.33 bits per heavy atom. The molecule has 0 bridgehead atoms. The molecule has 1 aliphatic heterocycles. The molecule has 100 valence electrons. The number of hydrogen-bond acceptors (Lipinski definition) is 3. The molecule has 0 saturated carbocycles. The predicted molar refractivity (Wildman–Crippen MR) is 65.3 cm³/mol. The summed E-state index contributed by atoms with van der Waals surface area (Å²) in [6.07, 6.45) is 0. The number of hydrogen-bond donors (Lipinski definition) is 1. The second-order valence-electron chi connectivity index (χ2n) is 4.53. The Bertz CT molecular complexity index is 378. The number of morpholine rings is 1. The molecule has 0 aromatic heterocycles. The van der Waals surface area contributed by atoms with E-state index in [-0.39, 0.29) is 6.04 Å². The first-order valence-corrected chi connectivity index (χ1v) is 6.10. The Balaban J connectivity index is 2.05. The van der Waals surface area contributed by atoms with Crippen molar-refractivity contribution in [1.29, 1.82) is 0 Å². The van der Waals surface area contributed by atoms with Gasteiger partial charge >= 0.3 is 0 Å². The lowest BCUT2D eigenvalue weighted by atomic mass is 10.1. The highest BCUT2D eigenvalue weighted by molar-refractivity contribution is 5.18. The van der Waals surface area contributed by atoms with Gasteiger partial charge in [-0.25, -0.2) is 8.78 Å². The maximum atomic E-state index is 13.1. The first-order chi connectivity index (χ1) is 8.69. The van der Waals surface area contributed by atoms with Crippen molar-refractivity contribution in [2.45, 2.75) is 12.6 Å². The summed E-state index contributed by atoms with van der Waals surface area (Å²) in [5.74, 6) is -1.05. The highest BCUT2D eigenvalue weighted by Gasteiger charge is 2.22. The second kappa shape index (κ2) is 6.22. The van der Waals surface area contributed by atoms with Gasteiger partial charge in [0.1, 0.15) is 11.6 Å². The topological polar surface area (TPSA) is 24.5 Å². The quantitative estimate of drug-likeness (QED) is 0.881. The Morgan fingerprint density at radius 2 is 2.06 bits per heavy atom. The van der Waals surface area contributed by atoms with Gasteiger partial charge < -0.3 is 10.1 Å².